The number of nitrogens with one attached hydrogen (secondary N) is 1. The van der Waals surface area contributed by atoms with Crippen molar-refractivity contribution in [2.75, 3.05) is 18.0 Å². The molecular weight excluding hydrogens is 348 g/mol. The summed E-state index contributed by atoms with van der Waals surface area (Å²) >= 11 is 1.40. The van der Waals surface area contributed by atoms with E-state index in [0.29, 0.717) is 16.8 Å². The van der Waals surface area contributed by atoms with Crippen molar-refractivity contribution in [1.82, 2.24) is 15.5 Å². The quantitative estimate of drug-likeness (QED) is 0.744. The van der Waals surface area contributed by atoms with Gasteiger partial charge >= 0.3 is 6.01 Å². The Kier molecular flexibility index (Phi) is 4.97. The third-order valence-electron chi connectivity index (χ3n) is 4.46. The van der Waals surface area contributed by atoms with Crippen LogP contribution in [-0.4, -0.2) is 29.2 Å². The second-order valence-corrected chi connectivity index (χ2v) is 7.21. The van der Waals surface area contributed by atoms with Gasteiger partial charge < -0.3 is 14.6 Å². The normalized spacial score (nSPS) is 15.6. The Bertz CT molecular complexity index is 842. The number of rotatable bonds is 5. The van der Waals surface area contributed by atoms with Crippen LogP contribution < -0.4 is 10.2 Å². The average molecular weight is 368 g/mol. The van der Waals surface area contributed by atoms with E-state index in [-0.39, 0.29) is 5.91 Å². The van der Waals surface area contributed by atoms with Gasteiger partial charge in [0.25, 0.3) is 5.91 Å². The van der Waals surface area contributed by atoms with Crippen molar-refractivity contribution in [3.8, 4) is 0 Å². The number of hydrogen-bond acceptors (Lipinski definition) is 6. The maximum Gasteiger partial charge on any atom is 0.318 e. The lowest BCUT2D eigenvalue weighted by molar-refractivity contribution is 0.0942. The predicted octanol–water partition coefficient (Wildman–Crippen LogP) is 3.64. The van der Waals surface area contributed by atoms with Gasteiger partial charge in [-0.05, 0) is 36.3 Å². The Hall–Kier alpha value is -2.67. The summed E-state index contributed by atoms with van der Waals surface area (Å²) in [4.78, 5) is 15.3. The highest BCUT2D eigenvalue weighted by Gasteiger charge is 2.25. The minimum absolute atomic E-state index is 0.147. The molecule has 7 heteroatoms. The van der Waals surface area contributed by atoms with Crippen LogP contribution in [-0.2, 0) is 0 Å². The maximum atomic E-state index is 12.6. The van der Waals surface area contributed by atoms with E-state index in [0.717, 1.165) is 31.5 Å². The number of hydrogen-bond donors (Lipinski definition) is 1. The number of carbonyl (C=O) groups is 1. The zero-order valence-electron chi connectivity index (χ0n) is 14.3. The third-order valence-corrected chi connectivity index (χ3v) is 5.33. The first kappa shape index (κ1) is 16.8. The fraction of sp³-hybridized carbons (Fsp3) is 0.316. The zero-order chi connectivity index (χ0) is 17.8. The molecule has 3 heterocycles. The Labute approximate surface area is 155 Å². The highest BCUT2D eigenvalue weighted by atomic mass is 32.1. The van der Waals surface area contributed by atoms with Gasteiger partial charge in [-0.2, -0.15) is 0 Å². The van der Waals surface area contributed by atoms with E-state index in [2.05, 4.69) is 20.4 Å². The fourth-order valence-corrected chi connectivity index (χ4v) is 3.73. The summed E-state index contributed by atoms with van der Waals surface area (Å²) < 4.78 is 5.95. The maximum absolute atomic E-state index is 12.6. The first-order chi connectivity index (χ1) is 12.8. The van der Waals surface area contributed by atoms with Crippen molar-refractivity contribution in [1.29, 1.82) is 0 Å². The predicted molar refractivity (Wildman–Crippen MR) is 100 cm³/mol. The van der Waals surface area contributed by atoms with Crippen LogP contribution in [0.2, 0.25) is 0 Å². The molecule has 6 nitrogen and oxygen atoms in total. The number of carbonyl (C=O) groups excluding carboxylic acids is 1. The van der Waals surface area contributed by atoms with Gasteiger partial charge in [-0.1, -0.05) is 41.5 Å². The van der Waals surface area contributed by atoms with Crippen LogP contribution in [0, 0.1) is 0 Å². The number of piperidine rings is 1. The molecule has 0 unspecified atom stereocenters. The molecule has 0 bridgehead atoms. The number of nitrogens with zero attached hydrogens (tertiary/aromatic N) is 3. The average Bonchev–Trinajstić information content (AvgIpc) is 3.39. The van der Waals surface area contributed by atoms with Gasteiger partial charge in [-0.15, -0.1) is 16.4 Å². The van der Waals surface area contributed by atoms with Crippen LogP contribution in [0.15, 0.2) is 52.3 Å². The molecule has 1 N–H and O–H groups in total. The molecule has 0 spiro atoms. The number of amides is 1. The van der Waals surface area contributed by atoms with E-state index in [1.54, 1.807) is 6.07 Å². The van der Waals surface area contributed by atoms with Crippen LogP contribution in [0.3, 0.4) is 0 Å². The van der Waals surface area contributed by atoms with Crippen molar-refractivity contribution < 1.29 is 9.21 Å². The van der Waals surface area contributed by atoms with E-state index < -0.39 is 6.04 Å². The number of benzene rings is 1. The monoisotopic (exact) mass is 368 g/mol. The van der Waals surface area contributed by atoms with Gasteiger partial charge in [0, 0.05) is 13.1 Å². The van der Waals surface area contributed by atoms with Crippen molar-refractivity contribution >= 4 is 23.3 Å². The van der Waals surface area contributed by atoms with Gasteiger partial charge in [-0.3, -0.25) is 4.79 Å². The zero-order valence-corrected chi connectivity index (χ0v) is 15.1. The second kappa shape index (κ2) is 7.70. The number of aromatic nitrogens is 2. The van der Waals surface area contributed by atoms with Crippen LogP contribution in [0.4, 0.5) is 6.01 Å². The first-order valence-corrected chi connectivity index (χ1v) is 9.67. The van der Waals surface area contributed by atoms with Gasteiger partial charge in [0.15, 0.2) is 0 Å². The lowest BCUT2D eigenvalue weighted by Crippen LogP contribution is -2.30. The molecule has 1 amide bonds. The molecule has 134 valence electrons. The summed E-state index contributed by atoms with van der Waals surface area (Å²) in [7, 11) is 0. The van der Waals surface area contributed by atoms with Crippen LogP contribution in [0.5, 0.6) is 0 Å². The number of thiophene rings is 1. The lowest BCUT2D eigenvalue weighted by Gasteiger charge is -2.24. The van der Waals surface area contributed by atoms with E-state index in [1.165, 1.54) is 17.8 Å². The Morgan fingerprint density at radius 2 is 1.88 bits per heavy atom. The molecule has 1 aromatic carbocycles. The molecule has 2 aromatic heterocycles. The summed E-state index contributed by atoms with van der Waals surface area (Å²) in [6, 6.07) is 13.4. The third kappa shape index (κ3) is 3.62. The summed E-state index contributed by atoms with van der Waals surface area (Å²) in [5.41, 5.74) is 0.909. The standard InChI is InChI=1S/C19H20N4O2S/c24-17(15-10-7-13-26-15)20-16(14-8-3-1-4-9-14)18-21-22-19(25-18)23-11-5-2-6-12-23/h1,3-4,7-10,13,16H,2,5-6,11-12H2,(H,20,24)/t16-/m0/s1. The molecule has 0 aliphatic carbocycles. The fourth-order valence-electron chi connectivity index (χ4n) is 3.10. The molecule has 26 heavy (non-hydrogen) atoms. The molecule has 1 saturated heterocycles. The Morgan fingerprint density at radius 1 is 1.08 bits per heavy atom. The van der Waals surface area contributed by atoms with Crippen LogP contribution >= 0.6 is 11.3 Å². The summed E-state index contributed by atoms with van der Waals surface area (Å²) in [5, 5.41) is 13.4. The molecule has 0 saturated carbocycles. The van der Waals surface area contributed by atoms with Crippen molar-refractivity contribution in [3.05, 3.63) is 64.2 Å². The van der Waals surface area contributed by atoms with Crippen molar-refractivity contribution in [2.24, 2.45) is 0 Å². The van der Waals surface area contributed by atoms with Gasteiger partial charge in [0.2, 0.25) is 5.89 Å². The topological polar surface area (TPSA) is 71.3 Å². The van der Waals surface area contributed by atoms with Crippen molar-refractivity contribution in [2.45, 2.75) is 25.3 Å². The van der Waals surface area contributed by atoms with E-state index >= 15 is 0 Å². The Balaban J connectivity index is 1.60. The smallest absolute Gasteiger partial charge is 0.318 e. The van der Waals surface area contributed by atoms with E-state index in [9.17, 15) is 4.79 Å². The molecular formula is C19H20N4O2S. The summed E-state index contributed by atoms with van der Waals surface area (Å²) in [5.74, 6) is 0.258. The first-order valence-electron chi connectivity index (χ1n) is 8.79. The highest BCUT2D eigenvalue weighted by Crippen LogP contribution is 2.26. The molecule has 1 fully saturated rings. The molecule has 3 aromatic rings. The largest absolute Gasteiger partial charge is 0.405 e. The minimum atomic E-state index is -0.475. The Morgan fingerprint density at radius 3 is 2.62 bits per heavy atom. The highest BCUT2D eigenvalue weighted by molar-refractivity contribution is 7.12. The van der Waals surface area contributed by atoms with Crippen LogP contribution in [0.1, 0.15) is 46.4 Å². The molecule has 1 aliphatic heterocycles. The number of anilines is 1. The summed E-state index contributed by atoms with van der Waals surface area (Å²) in [6.07, 6.45) is 3.50. The molecule has 4 rings (SSSR count). The SMILES string of the molecule is O=C(N[C@@H](c1ccccc1)c1nnc(N2CCCCC2)o1)c1cccs1. The van der Waals surface area contributed by atoms with Gasteiger partial charge in [0.1, 0.15) is 6.04 Å². The van der Waals surface area contributed by atoms with Crippen LogP contribution in [0.25, 0.3) is 0 Å². The molecule has 1 atom stereocenters. The second-order valence-electron chi connectivity index (χ2n) is 6.27. The summed E-state index contributed by atoms with van der Waals surface area (Å²) in [6.45, 7) is 1.86. The molecule has 0 radical (unpaired) electrons. The minimum Gasteiger partial charge on any atom is -0.405 e. The van der Waals surface area contributed by atoms with Crippen molar-refractivity contribution in [3.63, 3.8) is 0 Å². The van der Waals surface area contributed by atoms with Gasteiger partial charge in [0.05, 0.1) is 4.88 Å². The molecule has 1 aliphatic rings. The lowest BCUT2D eigenvalue weighted by atomic mass is 10.1. The van der Waals surface area contributed by atoms with E-state index in [1.807, 2.05) is 41.8 Å². The van der Waals surface area contributed by atoms with Gasteiger partial charge in [-0.25, -0.2) is 0 Å². The van der Waals surface area contributed by atoms with E-state index in [4.69, 9.17) is 4.42 Å².